The maximum absolute atomic E-state index is 12.2. The van der Waals surface area contributed by atoms with E-state index in [0.29, 0.717) is 11.1 Å². The van der Waals surface area contributed by atoms with Crippen LogP contribution < -0.4 is 0 Å². The molecule has 0 N–H and O–H groups in total. The van der Waals surface area contributed by atoms with Gasteiger partial charge in [-0.05, 0) is 31.4 Å². The number of amides is 2. The third-order valence-electron chi connectivity index (χ3n) is 3.88. The summed E-state index contributed by atoms with van der Waals surface area (Å²) in [6, 6.07) is 6.76. The molecule has 4 nitrogen and oxygen atoms in total. The molecule has 0 aliphatic carbocycles. The van der Waals surface area contributed by atoms with E-state index in [1.807, 2.05) is 34.6 Å². The molecule has 1 aliphatic rings. The fourth-order valence-corrected chi connectivity index (χ4v) is 1.62. The monoisotopic (exact) mass is 261 g/mol. The molecule has 0 fully saturated rings. The van der Waals surface area contributed by atoms with Crippen LogP contribution in [0.4, 0.5) is 0 Å². The highest BCUT2D eigenvalue weighted by molar-refractivity contribution is 6.20. The summed E-state index contributed by atoms with van der Waals surface area (Å²) in [6.07, 6.45) is 0. The van der Waals surface area contributed by atoms with E-state index in [-0.39, 0.29) is 5.41 Å². The summed E-state index contributed by atoms with van der Waals surface area (Å²) < 4.78 is 0. The summed E-state index contributed by atoms with van der Waals surface area (Å²) >= 11 is 0. The van der Waals surface area contributed by atoms with Crippen molar-refractivity contribution in [3.05, 3.63) is 35.4 Å². The predicted octanol–water partition coefficient (Wildman–Crippen LogP) is 3.04. The largest absolute Gasteiger partial charge is 0.285 e. The summed E-state index contributed by atoms with van der Waals surface area (Å²) in [5.74, 6) is -0.782. The van der Waals surface area contributed by atoms with Crippen molar-refractivity contribution < 1.29 is 14.4 Å². The molecule has 0 aromatic heterocycles. The van der Waals surface area contributed by atoms with Crippen molar-refractivity contribution in [2.24, 2.45) is 5.41 Å². The SMILES string of the molecule is CC(C)(C)C(C)(C)ON1C(=O)c2ccccc2C1=O. The van der Waals surface area contributed by atoms with Crippen LogP contribution in [0.3, 0.4) is 0 Å². The van der Waals surface area contributed by atoms with Crippen molar-refractivity contribution in [2.45, 2.75) is 40.2 Å². The number of imide groups is 1. The lowest BCUT2D eigenvalue weighted by atomic mass is 9.79. The van der Waals surface area contributed by atoms with E-state index in [1.165, 1.54) is 0 Å². The molecule has 0 saturated carbocycles. The molecule has 0 atom stereocenters. The van der Waals surface area contributed by atoms with Crippen LogP contribution >= 0.6 is 0 Å². The first-order chi connectivity index (χ1) is 8.65. The van der Waals surface area contributed by atoms with Gasteiger partial charge in [0, 0.05) is 0 Å². The van der Waals surface area contributed by atoms with Crippen LogP contribution in [0.25, 0.3) is 0 Å². The molecule has 0 radical (unpaired) electrons. The lowest BCUT2D eigenvalue weighted by molar-refractivity contribution is -0.211. The first-order valence-corrected chi connectivity index (χ1v) is 6.32. The van der Waals surface area contributed by atoms with E-state index in [9.17, 15) is 9.59 Å². The second-order valence-corrected chi connectivity index (χ2v) is 6.30. The van der Waals surface area contributed by atoms with Gasteiger partial charge in [-0.25, -0.2) is 0 Å². The molecule has 0 unspecified atom stereocenters. The Hall–Kier alpha value is -1.68. The highest BCUT2D eigenvalue weighted by atomic mass is 16.7. The molecule has 1 heterocycles. The predicted molar refractivity (Wildman–Crippen MR) is 71.6 cm³/mol. The van der Waals surface area contributed by atoms with Gasteiger partial charge < -0.3 is 0 Å². The van der Waals surface area contributed by atoms with Gasteiger partial charge in [-0.1, -0.05) is 32.9 Å². The van der Waals surface area contributed by atoms with Gasteiger partial charge in [-0.15, -0.1) is 5.06 Å². The van der Waals surface area contributed by atoms with Gasteiger partial charge in [0.15, 0.2) is 0 Å². The Labute approximate surface area is 113 Å². The van der Waals surface area contributed by atoms with E-state index in [4.69, 9.17) is 4.84 Å². The van der Waals surface area contributed by atoms with Crippen LogP contribution in [0, 0.1) is 5.41 Å². The Morgan fingerprint density at radius 3 is 1.68 bits per heavy atom. The molecule has 19 heavy (non-hydrogen) atoms. The zero-order chi connectivity index (χ0) is 14.4. The van der Waals surface area contributed by atoms with Crippen molar-refractivity contribution in [3.8, 4) is 0 Å². The molecule has 102 valence electrons. The second-order valence-electron chi connectivity index (χ2n) is 6.30. The maximum Gasteiger partial charge on any atom is 0.285 e. The van der Waals surface area contributed by atoms with Crippen molar-refractivity contribution in [3.63, 3.8) is 0 Å². The topological polar surface area (TPSA) is 46.6 Å². The van der Waals surface area contributed by atoms with Gasteiger partial charge in [-0.3, -0.25) is 14.4 Å². The van der Waals surface area contributed by atoms with Crippen LogP contribution in [-0.2, 0) is 4.84 Å². The highest BCUT2D eigenvalue weighted by Crippen LogP contribution is 2.36. The molecule has 2 amide bonds. The van der Waals surface area contributed by atoms with Crippen molar-refractivity contribution >= 4 is 11.8 Å². The summed E-state index contributed by atoms with van der Waals surface area (Å²) in [5, 5.41) is 0.885. The molecule has 0 bridgehead atoms. The molecule has 1 aromatic rings. The van der Waals surface area contributed by atoms with Gasteiger partial charge in [0.2, 0.25) is 0 Å². The molecule has 0 saturated heterocycles. The average Bonchev–Trinajstić information content (AvgIpc) is 2.54. The number of hydroxylamine groups is 2. The number of fused-ring (bicyclic) bond motifs is 1. The van der Waals surface area contributed by atoms with E-state index < -0.39 is 17.4 Å². The molecule has 0 spiro atoms. The Morgan fingerprint density at radius 1 is 0.895 bits per heavy atom. The van der Waals surface area contributed by atoms with Crippen molar-refractivity contribution in [1.82, 2.24) is 5.06 Å². The highest BCUT2D eigenvalue weighted by Gasteiger charge is 2.43. The minimum absolute atomic E-state index is 0.206. The zero-order valence-electron chi connectivity index (χ0n) is 12.0. The third kappa shape index (κ3) is 2.16. The fourth-order valence-electron chi connectivity index (χ4n) is 1.62. The first-order valence-electron chi connectivity index (χ1n) is 6.32. The van der Waals surface area contributed by atoms with E-state index >= 15 is 0 Å². The number of hydrogen-bond donors (Lipinski definition) is 0. The Balaban J connectivity index is 2.31. The van der Waals surface area contributed by atoms with Crippen LogP contribution in [0.15, 0.2) is 24.3 Å². The number of carbonyl (C=O) groups excluding carboxylic acids is 2. The van der Waals surface area contributed by atoms with Crippen molar-refractivity contribution in [1.29, 1.82) is 0 Å². The van der Waals surface area contributed by atoms with Crippen molar-refractivity contribution in [2.75, 3.05) is 0 Å². The minimum atomic E-state index is -0.639. The minimum Gasteiger partial charge on any atom is -0.266 e. The number of hydrogen-bond acceptors (Lipinski definition) is 3. The molecule has 1 aliphatic heterocycles. The quantitative estimate of drug-likeness (QED) is 0.769. The number of carbonyl (C=O) groups is 2. The van der Waals surface area contributed by atoms with Crippen LogP contribution in [0.5, 0.6) is 0 Å². The first kappa shape index (κ1) is 13.7. The summed E-state index contributed by atoms with van der Waals surface area (Å²) in [6.45, 7) is 9.76. The van der Waals surface area contributed by atoms with Crippen LogP contribution in [0.1, 0.15) is 55.3 Å². The van der Waals surface area contributed by atoms with E-state index in [2.05, 4.69) is 0 Å². The lowest BCUT2D eigenvalue weighted by Gasteiger charge is -2.39. The number of benzene rings is 1. The van der Waals surface area contributed by atoms with Gasteiger partial charge >= 0.3 is 0 Å². The van der Waals surface area contributed by atoms with Crippen LogP contribution in [0.2, 0.25) is 0 Å². The summed E-state index contributed by atoms with van der Waals surface area (Å²) in [5.41, 5.74) is -0.0442. The zero-order valence-corrected chi connectivity index (χ0v) is 12.0. The molecule has 2 rings (SSSR count). The van der Waals surface area contributed by atoms with E-state index in [1.54, 1.807) is 24.3 Å². The second kappa shape index (κ2) is 4.17. The molecular formula is C15H19NO3. The Bertz CT molecular complexity index is 506. The standard InChI is InChI=1S/C15H19NO3/c1-14(2,3)15(4,5)19-16-12(17)10-8-6-7-9-11(10)13(16)18/h6-9H,1-5H3. The van der Waals surface area contributed by atoms with Gasteiger partial charge in [0.05, 0.1) is 16.7 Å². The summed E-state index contributed by atoms with van der Waals surface area (Å²) in [4.78, 5) is 30.1. The van der Waals surface area contributed by atoms with Gasteiger partial charge in [0.1, 0.15) is 0 Å². The van der Waals surface area contributed by atoms with Crippen LogP contribution in [-0.4, -0.2) is 22.5 Å². The fraction of sp³-hybridized carbons (Fsp3) is 0.467. The van der Waals surface area contributed by atoms with Gasteiger partial charge in [-0.2, -0.15) is 0 Å². The molecule has 1 aromatic carbocycles. The van der Waals surface area contributed by atoms with Gasteiger partial charge in [0.25, 0.3) is 11.8 Å². The van der Waals surface area contributed by atoms with E-state index in [0.717, 1.165) is 5.06 Å². The molecule has 4 heteroatoms. The normalized spacial score (nSPS) is 15.9. The third-order valence-corrected chi connectivity index (χ3v) is 3.88. The average molecular weight is 261 g/mol. The number of rotatable bonds is 2. The maximum atomic E-state index is 12.2. The number of nitrogens with zero attached hydrogens (tertiary/aromatic N) is 1. The Kier molecular flexibility index (Phi) is 3.01. The smallest absolute Gasteiger partial charge is 0.266 e. The molecular weight excluding hydrogens is 242 g/mol. The summed E-state index contributed by atoms with van der Waals surface area (Å²) in [7, 11) is 0. The Morgan fingerprint density at radius 2 is 1.32 bits per heavy atom. The lowest BCUT2D eigenvalue weighted by Crippen LogP contribution is -2.47.